The lowest BCUT2D eigenvalue weighted by Crippen LogP contribution is -2.58. The molecule has 0 aliphatic heterocycles. The average molecular weight is 228 g/mol. The fourth-order valence-electron chi connectivity index (χ4n) is 3.14. The third kappa shape index (κ3) is 3.72. The summed E-state index contributed by atoms with van der Waals surface area (Å²) in [5.74, 6) is 0. The predicted molar refractivity (Wildman–Crippen MR) is 68.3 cm³/mol. The fourth-order valence-corrected chi connectivity index (χ4v) is 3.14. The van der Waals surface area contributed by atoms with Crippen LogP contribution in [0.2, 0.25) is 0 Å². The topological polar surface area (TPSA) is 58.3 Å². The van der Waals surface area contributed by atoms with Gasteiger partial charge >= 0.3 is 0 Å². The molecule has 0 aromatic rings. The van der Waals surface area contributed by atoms with E-state index in [1.165, 1.54) is 19.3 Å². The largest absolute Gasteiger partial charge is 0.396 e. The Morgan fingerprint density at radius 2 is 2.06 bits per heavy atom. The molecular weight excluding hydrogens is 200 g/mol. The Labute approximate surface area is 99.8 Å². The summed E-state index contributed by atoms with van der Waals surface area (Å²) < 4.78 is 0. The molecule has 2 atom stereocenters. The van der Waals surface area contributed by atoms with E-state index < -0.39 is 0 Å². The molecule has 1 aliphatic rings. The predicted octanol–water partition coefficient (Wildman–Crippen LogP) is 1.64. The average Bonchev–Trinajstić information content (AvgIpc) is 2.16. The first-order chi connectivity index (χ1) is 7.43. The minimum atomic E-state index is 0.0936. The minimum Gasteiger partial charge on any atom is -0.396 e. The molecular formula is C13H28N2O. The number of aliphatic hydroxyl groups excluding tert-OH is 1. The number of hydrogen-bond donors (Lipinski definition) is 3. The molecule has 0 radical (unpaired) electrons. The smallest absolute Gasteiger partial charge is 0.0445 e. The van der Waals surface area contributed by atoms with E-state index in [9.17, 15) is 0 Å². The van der Waals surface area contributed by atoms with Crippen LogP contribution in [0.3, 0.4) is 0 Å². The molecule has 0 amide bonds. The van der Waals surface area contributed by atoms with Gasteiger partial charge in [0.1, 0.15) is 0 Å². The van der Waals surface area contributed by atoms with Crippen LogP contribution in [0.4, 0.5) is 0 Å². The lowest BCUT2D eigenvalue weighted by atomic mass is 9.68. The van der Waals surface area contributed by atoms with Crippen molar-refractivity contribution in [2.24, 2.45) is 11.1 Å². The SMILES string of the molecule is CC(CCO)NC1(CN)CCCC(C)(C)C1. The van der Waals surface area contributed by atoms with Crippen molar-refractivity contribution in [1.82, 2.24) is 5.32 Å². The Balaban J connectivity index is 2.62. The van der Waals surface area contributed by atoms with Crippen molar-refractivity contribution >= 4 is 0 Å². The molecule has 1 aliphatic carbocycles. The second-order valence-electron chi connectivity index (χ2n) is 6.24. The standard InChI is InChI=1S/C13H28N2O/c1-11(5-8-16)15-13(10-14)7-4-6-12(2,3)9-13/h11,15-16H,4-10,14H2,1-3H3. The lowest BCUT2D eigenvalue weighted by molar-refractivity contribution is 0.110. The highest BCUT2D eigenvalue weighted by Crippen LogP contribution is 2.40. The van der Waals surface area contributed by atoms with Crippen LogP contribution in [0.1, 0.15) is 52.9 Å². The van der Waals surface area contributed by atoms with Crippen molar-refractivity contribution in [3.63, 3.8) is 0 Å². The summed E-state index contributed by atoms with van der Waals surface area (Å²) in [7, 11) is 0. The van der Waals surface area contributed by atoms with Gasteiger partial charge in [-0.3, -0.25) is 0 Å². The van der Waals surface area contributed by atoms with Crippen molar-refractivity contribution in [2.75, 3.05) is 13.2 Å². The van der Waals surface area contributed by atoms with Gasteiger partial charge in [0, 0.05) is 24.7 Å². The Kier molecular flexibility index (Phi) is 4.77. The zero-order valence-electron chi connectivity index (χ0n) is 11.1. The molecule has 0 spiro atoms. The van der Waals surface area contributed by atoms with Crippen LogP contribution in [0.25, 0.3) is 0 Å². The fraction of sp³-hybridized carbons (Fsp3) is 1.00. The summed E-state index contributed by atoms with van der Waals surface area (Å²) >= 11 is 0. The van der Waals surface area contributed by atoms with E-state index >= 15 is 0 Å². The van der Waals surface area contributed by atoms with E-state index in [2.05, 4.69) is 26.1 Å². The Bertz CT molecular complexity index is 218. The number of aliphatic hydroxyl groups is 1. The van der Waals surface area contributed by atoms with Gasteiger partial charge in [-0.25, -0.2) is 0 Å². The maximum Gasteiger partial charge on any atom is 0.0445 e. The highest BCUT2D eigenvalue weighted by Gasteiger charge is 2.39. The second kappa shape index (κ2) is 5.48. The summed E-state index contributed by atoms with van der Waals surface area (Å²) in [5, 5.41) is 12.6. The lowest BCUT2D eigenvalue weighted by Gasteiger charge is -2.46. The van der Waals surface area contributed by atoms with E-state index in [1.807, 2.05) is 0 Å². The quantitative estimate of drug-likeness (QED) is 0.670. The summed E-state index contributed by atoms with van der Waals surface area (Å²) in [6.45, 7) is 7.74. The monoisotopic (exact) mass is 228 g/mol. The molecule has 96 valence electrons. The van der Waals surface area contributed by atoms with Gasteiger partial charge in [-0.2, -0.15) is 0 Å². The molecule has 0 aromatic carbocycles. The third-order valence-electron chi connectivity index (χ3n) is 3.83. The first-order valence-electron chi connectivity index (χ1n) is 6.52. The van der Waals surface area contributed by atoms with Crippen molar-refractivity contribution < 1.29 is 5.11 Å². The summed E-state index contributed by atoms with van der Waals surface area (Å²) in [6.07, 6.45) is 5.67. The van der Waals surface area contributed by atoms with Crippen LogP contribution >= 0.6 is 0 Å². The Hall–Kier alpha value is -0.120. The Morgan fingerprint density at radius 3 is 2.56 bits per heavy atom. The van der Waals surface area contributed by atoms with Crippen molar-refractivity contribution in [2.45, 2.75) is 64.5 Å². The van der Waals surface area contributed by atoms with Gasteiger partial charge < -0.3 is 16.2 Å². The van der Waals surface area contributed by atoms with Crippen molar-refractivity contribution in [3.8, 4) is 0 Å². The molecule has 3 nitrogen and oxygen atoms in total. The molecule has 0 heterocycles. The van der Waals surface area contributed by atoms with Gasteiger partial charge in [0.15, 0.2) is 0 Å². The molecule has 0 aromatic heterocycles. The number of rotatable bonds is 5. The molecule has 0 bridgehead atoms. The molecule has 4 N–H and O–H groups in total. The van der Waals surface area contributed by atoms with Crippen LogP contribution in [0, 0.1) is 5.41 Å². The van der Waals surface area contributed by atoms with Crippen LogP contribution in [0.15, 0.2) is 0 Å². The molecule has 1 rings (SSSR count). The van der Waals surface area contributed by atoms with Crippen LogP contribution in [-0.4, -0.2) is 29.8 Å². The summed E-state index contributed by atoms with van der Waals surface area (Å²) in [6, 6.07) is 0.349. The highest BCUT2D eigenvalue weighted by atomic mass is 16.3. The molecule has 3 heteroatoms. The van der Waals surface area contributed by atoms with Gasteiger partial charge in [-0.15, -0.1) is 0 Å². The molecule has 1 fully saturated rings. The van der Waals surface area contributed by atoms with Gasteiger partial charge in [-0.05, 0) is 38.0 Å². The summed E-state index contributed by atoms with van der Waals surface area (Å²) in [5.41, 5.74) is 6.46. The van der Waals surface area contributed by atoms with E-state index in [-0.39, 0.29) is 12.1 Å². The summed E-state index contributed by atoms with van der Waals surface area (Å²) in [4.78, 5) is 0. The van der Waals surface area contributed by atoms with Gasteiger partial charge in [-0.1, -0.05) is 20.3 Å². The van der Waals surface area contributed by atoms with Crippen LogP contribution in [0.5, 0.6) is 0 Å². The zero-order valence-corrected chi connectivity index (χ0v) is 11.1. The van der Waals surface area contributed by atoms with Crippen LogP contribution < -0.4 is 11.1 Å². The van der Waals surface area contributed by atoms with Gasteiger partial charge in [0.25, 0.3) is 0 Å². The van der Waals surface area contributed by atoms with E-state index in [0.717, 1.165) is 12.8 Å². The van der Waals surface area contributed by atoms with Crippen LogP contribution in [-0.2, 0) is 0 Å². The molecule has 16 heavy (non-hydrogen) atoms. The van der Waals surface area contributed by atoms with Crippen molar-refractivity contribution in [1.29, 1.82) is 0 Å². The minimum absolute atomic E-state index is 0.0936. The van der Waals surface area contributed by atoms with E-state index in [4.69, 9.17) is 10.8 Å². The Morgan fingerprint density at radius 1 is 1.38 bits per heavy atom. The second-order valence-corrected chi connectivity index (χ2v) is 6.24. The number of hydrogen-bond acceptors (Lipinski definition) is 3. The molecule has 2 unspecified atom stereocenters. The zero-order chi connectivity index (χ0) is 12.2. The maximum absolute atomic E-state index is 8.95. The van der Waals surface area contributed by atoms with E-state index in [1.54, 1.807) is 0 Å². The number of nitrogens with two attached hydrogens (primary N) is 1. The van der Waals surface area contributed by atoms with Gasteiger partial charge in [0.2, 0.25) is 0 Å². The maximum atomic E-state index is 8.95. The molecule has 1 saturated carbocycles. The normalized spacial score (nSPS) is 31.3. The van der Waals surface area contributed by atoms with Gasteiger partial charge in [0.05, 0.1) is 0 Å². The first-order valence-corrected chi connectivity index (χ1v) is 6.52. The van der Waals surface area contributed by atoms with Crippen molar-refractivity contribution in [3.05, 3.63) is 0 Å². The first kappa shape index (κ1) is 13.9. The molecule has 0 saturated heterocycles. The third-order valence-corrected chi connectivity index (χ3v) is 3.83. The highest BCUT2D eigenvalue weighted by molar-refractivity contribution is 4.98. The van der Waals surface area contributed by atoms with E-state index in [0.29, 0.717) is 18.0 Å². The number of nitrogens with one attached hydrogen (secondary N) is 1.